The van der Waals surface area contributed by atoms with Crippen molar-refractivity contribution in [2.45, 2.75) is 19.6 Å². The minimum Gasteiger partial charge on any atom is -0.368 e. The molecule has 112 valence electrons. The maximum absolute atomic E-state index is 13.1. The van der Waals surface area contributed by atoms with Gasteiger partial charge < -0.3 is 16.0 Å². The monoisotopic (exact) mass is 289 g/mol. The van der Waals surface area contributed by atoms with Crippen molar-refractivity contribution in [1.29, 1.82) is 0 Å². The van der Waals surface area contributed by atoms with E-state index in [9.17, 15) is 18.0 Å². The van der Waals surface area contributed by atoms with Gasteiger partial charge in [-0.25, -0.2) is 0 Å². The first-order valence-corrected chi connectivity index (χ1v) is 6.17. The first kappa shape index (κ1) is 16.3. The van der Waals surface area contributed by atoms with E-state index >= 15 is 0 Å². The maximum Gasteiger partial charge on any atom is 0.418 e. The van der Waals surface area contributed by atoms with Crippen LogP contribution < -0.4 is 16.0 Å². The van der Waals surface area contributed by atoms with E-state index in [0.717, 1.165) is 6.07 Å². The highest BCUT2D eigenvalue weighted by Gasteiger charge is 2.35. The number of carbonyl (C=O) groups excluding carboxylic acids is 1. The predicted octanol–water partition coefficient (Wildman–Crippen LogP) is 1.74. The van der Waals surface area contributed by atoms with Crippen LogP contribution in [0.25, 0.3) is 0 Å². The number of primary amides is 1. The molecule has 4 nitrogen and oxygen atoms in total. The van der Waals surface area contributed by atoms with Crippen LogP contribution in [0.3, 0.4) is 0 Å². The SMILES string of the molecule is CCN(CC(N)=O)c1ccc(CNC)cc1C(F)(F)F. The van der Waals surface area contributed by atoms with Gasteiger partial charge >= 0.3 is 6.18 Å². The second-order valence-electron chi connectivity index (χ2n) is 4.36. The van der Waals surface area contributed by atoms with Crippen LogP contribution in [0.2, 0.25) is 0 Å². The van der Waals surface area contributed by atoms with Gasteiger partial charge in [-0.15, -0.1) is 0 Å². The molecule has 0 saturated carbocycles. The molecule has 3 N–H and O–H groups in total. The number of halogens is 3. The molecule has 1 aromatic carbocycles. The Morgan fingerprint density at radius 3 is 2.50 bits per heavy atom. The van der Waals surface area contributed by atoms with E-state index in [2.05, 4.69) is 5.32 Å². The highest BCUT2D eigenvalue weighted by molar-refractivity contribution is 5.80. The third-order valence-electron chi connectivity index (χ3n) is 2.82. The second-order valence-corrected chi connectivity index (χ2v) is 4.36. The zero-order valence-corrected chi connectivity index (χ0v) is 11.4. The summed E-state index contributed by atoms with van der Waals surface area (Å²) in [5.74, 6) is -0.667. The molecule has 1 amide bonds. The molecular formula is C13H18F3N3O. The molecule has 0 spiro atoms. The van der Waals surface area contributed by atoms with E-state index in [-0.39, 0.29) is 18.8 Å². The van der Waals surface area contributed by atoms with Crippen molar-refractivity contribution < 1.29 is 18.0 Å². The molecule has 0 aliphatic heterocycles. The molecule has 0 aliphatic rings. The lowest BCUT2D eigenvalue weighted by Gasteiger charge is -2.25. The van der Waals surface area contributed by atoms with Crippen LogP contribution in [-0.4, -0.2) is 26.0 Å². The van der Waals surface area contributed by atoms with Gasteiger partial charge in [-0.3, -0.25) is 4.79 Å². The van der Waals surface area contributed by atoms with Gasteiger partial charge in [0.25, 0.3) is 0 Å². The lowest BCUT2D eigenvalue weighted by atomic mass is 10.1. The number of alkyl halides is 3. The van der Waals surface area contributed by atoms with Gasteiger partial charge in [0.05, 0.1) is 12.1 Å². The Balaban J connectivity index is 3.26. The summed E-state index contributed by atoms with van der Waals surface area (Å²) in [7, 11) is 1.66. The fraction of sp³-hybridized carbons (Fsp3) is 0.462. The Hall–Kier alpha value is -1.76. The van der Waals surface area contributed by atoms with Gasteiger partial charge in [0.15, 0.2) is 0 Å². The number of anilines is 1. The number of nitrogens with zero attached hydrogens (tertiary/aromatic N) is 1. The number of nitrogens with one attached hydrogen (secondary N) is 1. The smallest absolute Gasteiger partial charge is 0.368 e. The molecule has 20 heavy (non-hydrogen) atoms. The van der Waals surface area contributed by atoms with Crippen molar-refractivity contribution in [3.05, 3.63) is 29.3 Å². The third-order valence-corrected chi connectivity index (χ3v) is 2.82. The van der Waals surface area contributed by atoms with Crippen LogP contribution in [0.15, 0.2) is 18.2 Å². The van der Waals surface area contributed by atoms with Crippen LogP contribution >= 0.6 is 0 Å². The summed E-state index contributed by atoms with van der Waals surface area (Å²) in [4.78, 5) is 12.3. The minimum absolute atomic E-state index is 0.0290. The quantitative estimate of drug-likeness (QED) is 0.838. The first-order valence-electron chi connectivity index (χ1n) is 6.17. The van der Waals surface area contributed by atoms with Crippen molar-refractivity contribution in [3.63, 3.8) is 0 Å². The van der Waals surface area contributed by atoms with Gasteiger partial charge in [-0.1, -0.05) is 6.07 Å². The zero-order chi connectivity index (χ0) is 15.3. The fourth-order valence-corrected chi connectivity index (χ4v) is 1.96. The highest BCUT2D eigenvalue weighted by Crippen LogP contribution is 2.37. The fourth-order valence-electron chi connectivity index (χ4n) is 1.96. The Morgan fingerprint density at radius 1 is 1.40 bits per heavy atom. The number of amides is 1. The summed E-state index contributed by atoms with van der Waals surface area (Å²) >= 11 is 0. The summed E-state index contributed by atoms with van der Waals surface area (Å²) in [6.45, 7) is 2.03. The standard InChI is InChI=1S/C13H18F3N3O/c1-3-19(8-12(17)20)11-5-4-9(7-18-2)6-10(11)13(14,15)16/h4-6,18H,3,7-8H2,1-2H3,(H2,17,20). The first-order chi connectivity index (χ1) is 9.29. The van der Waals surface area contributed by atoms with Crippen molar-refractivity contribution >= 4 is 11.6 Å². The van der Waals surface area contributed by atoms with Crippen molar-refractivity contribution in [2.75, 3.05) is 25.0 Å². The molecule has 0 atom stereocenters. The number of likely N-dealkylation sites (N-methyl/N-ethyl adjacent to an activating group) is 1. The molecule has 0 aromatic heterocycles. The number of carbonyl (C=O) groups is 1. The van der Waals surface area contributed by atoms with Crippen molar-refractivity contribution in [1.82, 2.24) is 5.32 Å². The molecule has 1 aromatic rings. The van der Waals surface area contributed by atoms with Gasteiger partial charge in [-0.2, -0.15) is 13.2 Å². The van der Waals surface area contributed by atoms with Crippen molar-refractivity contribution in [3.8, 4) is 0 Å². The van der Waals surface area contributed by atoms with E-state index in [1.807, 2.05) is 0 Å². The van der Waals surface area contributed by atoms with E-state index in [4.69, 9.17) is 5.73 Å². The zero-order valence-electron chi connectivity index (χ0n) is 11.4. The van der Waals surface area contributed by atoms with E-state index in [0.29, 0.717) is 12.1 Å². The van der Waals surface area contributed by atoms with Gasteiger partial charge in [0.2, 0.25) is 5.91 Å². The van der Waals surface area contributed by atoms with E-state index < -0.39 is 17.6 Å². The number of hydrogen-bond donors (Lipinski definition) is 2. The average molecular weight is 289 g/mol. The van der Waals surface area contributed by atoms with Crippen LogP contribution in [-0.2, 0) is 17.5 Å². The lowest BCUT2D eigenvalue weighted by Crippen LogP contribution is -2.35. The van der Waals surface area contributed by atoms with E-state index in [1.165, 1.54) is 11.0 Å². The third kappa shape index (κ3) is 4.12. The molecule has 1 rings (SSSR count). The van der Waals surface area contributed by atoms with Gasteiger partial charge in [0.1, 0.15) is 0 Å². The number of rotatable bonds is 6. The Kier molecular flexibility index (Phi) is 5.38. The molecule has 0 saturated heterocycles. The summed E-state index contributed by atoms with van der Waals surface area (Å²) in [6.07, 6.45) is -4.48. The highest BCUT2D eigenvalue weighted by atomic mass is 19.4. The average Bonchev–Trinajstić information content (AvgIpc) is 2.35. The maximum atomic E-state index is 13.1. The minimum atomic E-state index is -4.48. The molecular weight excluding hydrogens is 271 g/mol. The molecule has 0 bridgehead atoms. The van der Waals surface area contributed by atoms with Crippen LogP contribution in [0, 0.1) is 0 Å². The van der Waals surface area contributed by atoms with Gasteiger partial charge in [-0.05, 0) is 31.7 Å². The Morgan fingerprint density at radius 2 is 2.05 bits per heavy atom. The van der Waals surface area contributed by atoms with E-state index in [1.54, 1.807) is 20.0 Å². The molecule has 0 aliphatic carbocycles. The summed E-state index contributed by atoms with van der Waals surface area (Å²) < 4.78 is 39.4. The van der Waals surface area contributed by atoms with Crippen LogP contribution in [0.4, 0.5) is 18.9 Å². The van der Waals surface area contributed by atoms with Crippen LogP contribution in [0.5, 0.6) is 0 Å². The summed E-state index contributed by atoms with van der Waals surface area (Å²) in [6, 6.07) is 4.07. The molecule has 7 heteroatoms. The number of hydrogen-bond acceptors (Lipinski definition) is 3. The van der Waals surface area contributed by atoms with Crippen molar-refractivity contribution in [2.24, 2.45) is 5.73 Å². The number of nitrogens with two attached hydrogens (primary N) is 1. The Bertz CT molecular complexity index is 474. The molecule has 0 unspecified atom stereocenters. The molecule has 0 radical (unpaired) electrons. The predicted molar refractivity (Wildman–Crippen MR) is 71.3 cm³/mol. The summed E-state index contributed by atoms with van der Waals surface area (Å²) in [5, 5.41) is 2.80. The second kappa shape index (κ2) is 6.60. The van der Waals surface area contributed by atoms with Gasteiger partial charge in [0, 0.05) is 18.8 Å². The molecule has 0 heterocycles. The largest absolute Gasteiger partial charge is 0.418 e. The summed E-state index contributed by atoms with van der Waals surface area (Å²) in [5.41, 5.74) is 4.81. The Labute approximate surface area is 115 Å². The lowest BCUT2D eigenvalue weighted by molar-refractivity contribution is -0.137. The normalized spacial score (nSPS) is 11.4. The van der Waals surface area contributed by atoms with Crippen LogP contribution in [0.1, 0.15) is 18.1 Å². The number of benzene rings is 1. The molecule has 0 fully saturated rings. The topological polar surface area (TPSA) is 58.4 Å².